The number of unbranched alkanes of at least 4 members (excludes halogenated alkanes) is 2. The number of ether oxygens (including phenoxy) is 3. The molecule has 8 heteroatoms. The van der Waals surface area contributed by atoms with Gasteiger partial charge in [0, 0.05) is 18.7 Å². The molecule has 2 aromatic carbocycles. The van der Waals surface area contributed by atoms with Gasteiger partial charge in [-0.2, -0.15) is 0 Å². The van der Waals surface area contributed by atoms with Crippen molar-refractivity contribution >= 4 is 12.0 Å². The Bertz CT molecular complexity index is 1110. The molecule has 0 bridgehead atoms. The quantitative estimate of drug-likeness (QED) is 0.372. The van der Waals surface area contributed by atoms with Gasteiger partial charge in [0.1, 0.15) is 17.7 Å². The normalized spacial score (nSPS) is 23.8. The third-order valence-electron chi connectivity index (χ3n) is 8.17. The molecule has 2 amide bonds. The molecule has 4 rings (SSSR count). The number of urea groups is 1. The number of aliphatic carboxylic acids is 1. The van der Waals surface area contributed by atoms with Gasteiger partial charge in [0.25, 0.3) is 0 Å². The number of carbonyl (C=O) groups excluding carboxylic acids is 1. The highest BCUT2D eigenvalue weighted by Crippen LogP contribution is 2.52. The maximum absolute atomic E-state index is 14.6. The van der Waals surface area contributed by atoms with Gasteiger partial charge < -0.3 is 19.3 Å². The van der Waals surface area contributed by atoms with Crippen molar-refractivity contribution in [3.63, 3.8) is 0 Å². The van der Waals surface area contributed by atoms with Crippen LogP contribution in [0, 0.1) is 5.92 Å². The summed E-state index contributed by atoms with van der Waals surface area (Å²) in [6.45, 7) is 8.66. The molecule has 2 aliphatic heterocycles. The minimum atomic E-state index is -0.900. The first-order chi connectivity index (χ1) is 18.4. The molecular weight excluding hydrogens is 484 g/mol. The highest BCUT2D eigenvalue weighted by atomic mass is 16.7. The van der Waals surface area contributed by atoms with Gasteiger partial charge in [0.15, 0.2) is 11.5 Å². The molecule has 2 aromatic rings. The Balaban J connectivity index is 1.84. The van der Waals surface area contributed by atoms with E-state index in [0.717, 1.165) is 36.8 Å². The van der Waals surface area contributed by atoms with Gasteiger partial charge in [-0.15, -0.1) is 0 Å². The Morgan fingerprint density at radius 3 is 2.18 bits per heavy atom. The largest absolute Gasteiger partial charge is 0.497 e. The number of likely N-dealkylation sites (N-methyl/N-ethyl adjacent to an activating group) is 1. The fourth-order valence-electron chi connectivity index (χ4n) is 6.10. The third-order valence-corrected chi connectivity index (χ3v) is 8.17. The van der Waals surface area contributed by atoms with Crippen LogP contribution >= 0.6 is 0 Å². The highest BCUT2D eigenvalue weighted by Gasteiger charge is 2.62. The maximum atomic E-state index is 14.6. The van der Waals surface area contributed by atoms with Crippen LogP contribution in [0.15, 0.2) is 42.5 Å². The number of fused-ring (bicyclic) bond motifs is 1. The molecule has 0 radical (unpaired) electrons. The highest BCUT2D eigenvalue weighted by molar-refractivity contribution is 5.76. The van der Waals surface area contributed by atoms with Crippen LogP contribution in [0.2, 0.25) is 0 Å². The molecule has 2 aliphatic rings. The number of rotatable bonds is 11. The third kappa shape index (κ3) is 5.19. The van der Waals surface area contributed by atoms with E-state index in [1.807, 2.05) is 54.3 Å². The fraction of sp³-hybridized carbons (Fsp3) is 0.533. The molecule has 1 N–H and O–H groups in total. The number of hydrogen-bond acceptors (Lipinski definition) is 5. The zero-order valence-electron chi connectivity index (χ0n) is 23.0. The second kappa shape index (κ2) is 12.1. The van der Waals surface area contributed by atoms with E-state index >= 15 is 0 Å². The second-order valence-corrected chi connectivity index (χ2v) is 10.3. The van der Waals surface area contributed by atoms with Crippen molar-refractivity contribution in [1.29, 1.82) is 0 Å². The molecular formula is C30H41N2O6+. The maximum Gasteiger partial charge on any atom is 0.419 e. The number of carbonyl (C=O) groups is 2. The van der Waals surface area contributed by atoms with Crippen LogP contribution in [-0.4, -0.2) is 66.6 Å². The van der Waals surface area contributed by atoms with Gasteiger partial charge in [-0.05, 0) is 61.7 Å². The minimum Gasteiger partial charge on any atom is -0.497 e. The van der Waals surface area contributed by atoms with E-state index in [-0.39, 0.29) is 23.2 Å². The van der Waals surface area contributed by atoms with Crippen molar-refractivity contribution in [2.75, 3.05) is 40.1 Å². The van der Waals surface area contributed by atoms with Crippen molar-refractivity contribution in [2.45, 2.75) is 58.4 Å². The predicted octanol–water partition coefficient (Wildman–Crippen LogP) is 5.82. The second-order valence-electron chi connectivity index (χ2n) is 10.3. The van der Waals surface area contributed by atoms with E-state index < -0.39 is 17.9 Å². The summed E-state index contributed by atoms with van der Waals surface area (Å²) < 4.78 is 16.5. The molecule has 4 atom stereocenters. The van der Waals surface area contributed by atoms with Crippen LogP contribution in [0.4, 0.5) is 4.79 Å². The molecule has 0 saturated carbocycles. The van der Waals surface area contributed by atoms with E-state index in [0.29, 0.717) is 43.4 Å². The molecule has 0 unspecified atom stereocenters. The van der Waals surface area contributed by atoms with E-state index in [2.05, 4.69) is 13.8 Å². The Morgan fingerprint density at radius 2 is 1.61 bits per heavy atom. The van der Waals surface area contributed by atoms with Gasteiger partial charge in [0.05, 0.1) is 26.1 Å². The van der Waals surface area contributed by atoms with Crippen LogP contribution in [0.5, 0.6) is 17.2 Å². The Kier molecular flexibility index (Phi) is 8.82. The van der Waals surface area contributed by atoms with E-state index in [9.17, 15) is 14.7 Å². The number of benzene rings is 2. The SMILES string of the molecule is CCCCN(CCCC)C(=O)[N@+]1(CC)C[C@H](c2ccc3c(c2)OCO3)[C@@H](C(=O)O)[C@H]1c1ccc(OC)cc1. The fourth-order valence-corrected chi connectivity index (χ4v) is 6.10. The van der Waals surface area contributed by atoms with Crippen molar-refractivity contribution in [2.24, 2.45) is 5.92 Å². The molecule has 38 heavy (non-hydrogen) atoms. The molecule has 2 heterocycles. The van der Waals surface area contributed by atoms with Crippen LogP contribution in [0.1, 0.15) is 69.5 Å². The van der Waals surface area contributed by atoms with Crippen molar-refractivity contribution < 1.29 is 33.4 Å². The van der Waals surface area contributed by atoms with Crippen molar-refractivity contribution in [3.8, 4) is 17.2 Å². The summed E-state index contributed by atoms with van der Waals surface area (Å²) in [5, 5.41) is 10.7. The first-order valence-electron chi connectivity index (χ1n) is 13.8. The standard InChI is InChI=1S/C30H40N2O6/c1-5-8-16-31(17-9-6-2)30(35)32(7-3)19-24(22-12-15-25-26(18-22)38-20-37-25)27(29(33)34)28(32)21-10-13-23(36-4)14-11-21/h10-15,18,24,27-28H,5-9,16-17,19-20H2,1-4H3/p+1/t24-,27-,28-,32-/m1/s1. The van der Waals surface area contributed by atoms with Gasteiger partial charge in [-0.25, -0.2) is 9.28 Å². The summed E-state index contributed by atoms with van der Waals surface area (Å²) >= 11 is 0. The minimum absolute atomic E-state index is 0.0183. The lowest BCUT2D eigenvalue weighted by Crippen LogP contribution is -2.59. The molecule has 0 aromatic heterocycles. The summed E-state index contributed by atoms with van der Waals surface area (Å²) in [6.07, 6.45) is 3.81. The Labute approximate surface area is 225 Å². The average Bonchev–Trinajstić information content (AvgIpc) is 3.55. The van der Waals surface area contributed by atoms with Gasteiger partial charge >= 0.3 is 12.0 Å². The predicted molar refractivity (Wildman–Crippen MR) is 145 cm³/mol. The van der Waals surface area contributed by atoms with E-state index in [4.69, 9.17) is 14.2 Å². The van der Waals surface area contributed by atoms with Gasteiger partial charge in [-0.1, -0.05) is 32.8 Å². The summed E-state index contributed by atoms with van der Waals surface area (Å²) in [5.41, 5.74) is 1.69. The monoisotopic (exact) mass is 525 g/mol. The topological polar surface area (TPSA) is 85.3 Å². The lowest BCUT2D eigenvalue weighted by molar-refractivity contribution is -0.872. The molecule has 206 valence electrons. The molecule has 0 spiro atoms. The van der Waals surface area contributed by atoms with Crippen LogP contribution in [0.3, 0.4) is 0 Å². The van der Waals surface area contributed by atoms with E-state index in [1.165, 1.54) is 0 Å². The number of quaternary nitrogens is 1. The van der Waals surface area contributed by atoms with Crippen molar-refractivity contribution in [3.05, 3.63) is 53.6 Å². The van der Waals surface area contributed by atoms with Crippen LogP contribution in [-0.2, 0) is 4.79 Å². The number of hydrogen-bond donors (Lipinski definition) is 1. The van der Waals surface area contributed by atoms with Crippen molar-refractivity contribution in [1.82, 2.24) is 4.90 Å². The first kappa shape index (κ1) is 27.8. The van der Waals surface area contributed by atoms with Gasteiger partial charge in [-0.3, -0.25) is 9.69 Å². The molecule has 1 fully saturated rings. The first-order valence-corrected chi connectivity index (χ1v) is 13.8. The van der Waals surface area contributed by atoms with Crippen LogP contribution in [0.25, 0.3) is 0 Å². The zero-order chi connectivity index (χ0) is 27.3. The summed E-state index contributed by atoms with van der Waals surface area (Å²) in [7, 11) is 1.61. The van der Waals surface area contributed by atoms with Gasteiger partial charge in [0.2, 0.25) is 6.79 Å². The molecule has 0 aliphatic carbocycles. The summed E-state index contributed by atoms with van der Waals surface area (Å²) in [5.74, 6) is -0.109. The number of likely N-dealkylation sites (tertiary alicyclic amines) is 1. The Hall–Kier alpha value is -3.26. The number of nitrogens with zero attached hydrogens (tertiary/aromatic N) is 2. The van der Waals surface area contributed by atoms with Crippen LogP contribution < -0.4 is 14.2 Å². The lowest BCUT2D eigenvalue weighted by Gasteiger charge is -2.40. The lowest BCUT2D eigenvalue weighted by atomic mass is 9.82. The molecule has 8 nitrogen and oxygen atoms in total. The number of carboxylic acid groups (broad SMARTS) is 1. The number of amides is 2. The number of carboxylic acids is 1. The number of methoxy groups -OCH3 is 1. The van der Waals surface area contributed by atoms with E-state index in [1.54, 1.807) is 7.11 Å². The summed E-state index contributed by atoms with van der Waals surface area (Å²) in [4.78, 5) is 29.6. The smallest absolute Gasteiger partial charge is 0.419 e. The summed E-state index contributed by atoms with van der Waals surface area (Å²) in [6, 6.07) is 12.7. The zero-order valence-corrected chi connectivity index (χ0v) is 23.0. The Morgan fingerprint density at radius 1 is 0.974 bits per heavy atom. The average molecular weight is 526 g/mol. The molecule has 1 saturated heterocycles.